The maximum atomic E-state index is 12.5. The van der Waals surface area contributed by atoms with E-state index in [4.69, 9.17) is 4.98 Å². The summed E-state index contributed by atoms with van der Waals surface area (Å²) in [6.45, 7) is 1.96. The first-order valence-corrected chi connectivity index (χ1v) is 12.4. The molecule has 172 valence electrons. The van der Waals surface area contributed by atoms with Crippen molar-refractivity contribution in [2.45, 2.75) is 26.2 Å². The maximum Gasteiger partial charge on any atom is 0.240 e. The number of para-hydroxylation sites is 2. The average molecular weight is 484 g/mol. The number of pyridine rings is 1. The fourth-order valence-corrected chi connectivity index (χ4v) is 4.71. The van der Waals surface area contributed by atoms with E-state index < -0.39 is 15.9 Å². The Labute approximate surface area is 200 Å². The van der Waals surface area contributed by atoms with E-state index in [0.717, 1.165) is 50.2 Å². The number of benzene rings is 3. The molecule has 33 heavy (non-hydrogen) atoms. The van der Waals surface area contributed by atoms with Gasteiger partial charge >= 0.3 is 0 Å². The van der Waals surface area contributed by atoms with E-state index in [1.807, 2.05) is 55.5 Å². The number of carbonyl (C=O) groups excluding carboxylic acids is 1. The standard InChI is InChI=1S/C25H25N3O3S.ClH/c1-3-4-13-24(29)28(32(2,30)31)19-16-14-18(15-17-19)26-25-20-9-5-7-11-22(20)27-23-12-8-6-10-21(23)25;/h5-12,14-17H,3-4,13H2,1-2H3,(H,26,27);1H. The molecule has 0 fully saturated rings. The van der Waals surface area contributed by atoms with Crippen LogP contribution in [0.3, 0.4) is 0 Å². The number of amides is 1. The van der Waals surface area contributed by atoms with Crippen LogP contribution < -0.4 is 9.62 Å². The molecule has 1 heterocycles. The monoisotopic (exact) mass is 483 g/mol. The lowest BCUT2D eigenvalue weighted by Gasteiger charge is -2.21. The van der Waals surface area contributed by atoms with Crippen LogP contribution in [0.15, 0.2) is 72.8 Å². The maximum absolute atomic E-state index is 12.5. The number of fused-ring (bicyclic) bond motifs is 2. The van der Waals surface area contributed by atoms with Gasteiger partial charge in [-0.15, -0.1) is 12.4 Å². The number of hydrogen-bond acceptors (Lipinski definition) is 5. The highest BCUT2D eigenvalue weighted by Gasteiger charge is 2.24. The van der Waals surface area contributed by atoms with Gasteiger partial charge in [-0.1, -0.05) is 49.7 Å². The number of unbranched alkanes of at least 4 members (excludes halogenated alkanes) is 1. The zero-order valence-corrected chi connectivity index (χ0v) is 20.1. The summed E-state index contributed by atoms with van der Waals surface area (Å²) >= 11 is 0. The van der Waals surface area contributed by atoms with Crippen LogP contribution in [0.1, 0.15) is 26.2 Å². The van der Waals surface area contributed by atoms with Crippen molar-refractivity contribution in [3.05, 3.63) is 72.8 Å². The van der Waals surface area contributed by atoms with Crippen molar-refractivity contribution in [1.29, 1.82) is 0 Å². The van der Waals surface area contributed by atoms with Gasteiger partial charge in [0.05, 0.1) is 28.7 Å². The van der Waals surface area contributed by atoms with Crippen LogP contribution in [0.25, 0.3) is 21.8 Å². The van der Waals surface area contributed by atoms with Gasteiger partial charge in [0.15, 0.2) is 0 Å². The average Bonchev–Trinajstić information content (AvgIpc) is 2.78. The minimum Gasteiger partial charge on any atom is -0.354 e. The molecular formula is C25H26ClN3O3S. The number of aromatic nitrogens is 1. The highest BCUT2D eigenvalue weighted by atomic mass is 35.5. The molecule has 1 aromatic heterocycles. The minimum atomic E-state index is -3.72. The number of anilines is 3. The van der Waals surface area contributed by atoms with Crippen LogP contribution in [-0.2, 0) is 14.8 Å². The van der Waals surface area contributed by atoms with Crippen LogP contribution in [0.4, 0.5) is 17.1 Å². The van der Waals surface area contributed by atoms with E-state index in [1.165, 1.54) is 0 Å². The largest absolute Gasteiger partial charge is 0.354 e. The van der Waals surface area contributed by atoms with Crippen molar-refractivity contribution in [2.75, 3.05) is 15.9 Å². The molecule has 0 aliphatic heterocycles. The van der Waals surface area contributed by atoms with Gasteiger partial charge in [0.2, 0.25) is 15.9 Å². The first-order valence-electron chi connectivity index (χ1n) is 10.6. The molecule has 0 aliphatic carbocycles. The molecule has 0 bridgehead atoms. The zero-order valence-electron chi connectivity index (χ0n) is 18.5. The predicted molar refractivity (Wildman–Crippen MR) is 138 cm³/mol. The summed E-state index contributed by atoms with van der Waals surface area (Å²) < 4.78 is 25.5. The number of halogens is 1. The molecule has 0 radical (unpaired) electrons. The molecule has 0 spiro atoms. The highest BCUT2D eigenvalue weighted by Crippen LogP contribution is 2.33. The first kappa shape index (κ1) is 24.5. The molecule has 6 nitrogen and oxygen atoms in total. The van der Waals surface area contributed by atoms with E-state index >= 15 is 0 Å². The fourth-order valence-electron chi connectivity index (χ4n) is 3.75. The number of hydrogen-bond donors (Lipinski definition) is 1. The number of rotatable bonds is 7. The Balaban J connectivity index is 0.00000306. The Kier molecular flexibility index (Phi) is 7.56. The second-order valence-corrected chi connectivity index (χ2v) is 9.55. The number of nitrogens with one attached hydrogen (secondary N) is 1. The third-order valence-corrected chi connectivity index (χ3v) is 6.34. The van der Waals surface area contributed by atoms with E-state index in [1.54, 1.807) is 24.3 Å². The second-order valence-electron chi connectivity index (χ2n) is 7.72. The molecule has 3 aromatic carbocycles. The van der Waals surface area contributed by atoms with Crippen LogP contribution in [0.5, 0.6) is 0 Å². The van der Waals surface area contributed by atoms with Gasteiger partial charge in [-0.2, -0.15) is 0 Å². The fraction of sp³-hybridized carbons (Fsp3) is 0.200. The summed E-state index contributed by atoms with van der Waals surface area (Å²) in [6, 6.07) is 22.7. The molecule has 8 heteroatoms. The second kappa shape index (κ2) is 10.2. The van der Waals surface area contributed by atoms with Crippen molar-refractivity contribution in [1.82, 2.24) is 4.98 Å². The number of nitrogens with zero attached hydrogens (tertiary/aromatic N) is 2. The van der Waals surface area contributed by atoms with Gasteiger partial charge in [-0.3, -0.25) is 4.79 Å². The van der Waals surface area contributed by atoms with Crippen molar-refractivity contribution in [3.8, 4) is 0 Å². The Hall–Kier alpha value is -3.16. The zero-order chi connectivity index (χ0) is 22.7. The molecule has 0 aliphatic rings. The lowest BCUT2D eigenvalue weighted by molar-refractivity contribution is -0.117. The third-order valence-electron chi connectivity index (χ3n) is 5.26. The summed E-state index contributed by atoms with van der Waals surface area (Å²) in [5.41, 5.74) is 3.82. The van der Waals surface area contributed by atoms with Crippen molar-refractivity contribution < 1.29 is 13.2 Å². The lowest BCUT2D eigenvalue weighted by Crippen LogP contribution is -2.35. The molecule has 1 amide bonds. The third kappa shape index (κ3) is 5.26. The summed E-state index contributed by atoms with van der Waals surface area (Å²) in [6.07, 6.45) is 2.71. The van der Waals surface area contributed by atoms with Crippen molar-refractivity contribution in [2.24, 2.45) is 0 Å². The van der Waals surface area contributed by atoms with Crippen molar-refractivity contribution >= 4 is 67.2 Å². The van der Waals surface area contributed by atoms with Crippen LogP contribution in [-0.4, -0.2) is 25.6 Å². The van der Waals surface area contributed by atoms with Gasteiger partial charge in [0, 0.05) is 22.9 Å². The SMILES string of the molecule is CCCCC(=O)N(c1ccc(Nc2c3ccccc3nc3ccccc23)cc1)S(C)(=O)=O.Cl. The Morgan fingerprint density at radius 1 is 0.909 bits per heavy atom. The summed E-state index contributed by atoms with van der Waals surface area (Å²) in [7, 11) is -3.72. The molecule has 4 aromatic rings. The Morgan fingerprint density at radius 3 is 1.97 bits per heavy atom. The van der Waals surface area contributed by atoms with Gasteiger partial charge < -0.3 is 5.32 Å². The van der Waals surface area contributed by atoms with E-state index in [9.17, 15) is 13.2 Å². The van der Waals surface area contributed by atoms with Crippen LogP contribution >= 0.6 is 12.4 Å². The molecule has 0 saturated carbocycles. The van der Waals surface area contributed by atoms with E-state index in [2.05, 4.69) is 5.32 Å². The molecule has 1 N–H and O–H groups in total. The molecule has 4 rings (SSSR count). The summed E-state index contributed by atoms with van der Waals surface area (Å²) in [5, 5.41) is 5.44. The van der Waals surface area contributed by atoms with Gasteiger partial charge in [-0.05, 0) is 42.8 Å². The van der Waals surface area contributed by atoms with E-state index in [0.29, 0.717) is 12.1 Å². The van der Waals surface area contributed by atoms with Gasteiger partial charge in [0.1, 0.15) is 0 Å². The lowest BCUT2D eigenvalue weighted by atomic mass is 10.1. The molecule has 0 atom stereocenters. The van der Waals surface area contributed by atoms with Gasteiger partial charge in [0.25, 0.3) is 0 Å². The van der Waals surface area contributed by atoms with Gasteiger partial charge in [-0.25, -0.2) is 17.7 Å². The topological polar surface area (TPSA) is 79.4 Å². The van der Waals surface area contributed by atoms with Crippen LogP contribution in [0, 0.1) is 0 Å². The normalized spacial score (nSPS) is 11.2. The van der Waals surface area contributed by atoms with Crippen molar-refractivity contribution in [3.63, 3.8) is 0 Å². The number of sulfonamides is 1. The smallest absolute Gasteiger partial charge is 0.240 e. The molecule has 0 saturated heterocycles. The molecule has 0 unspecified atom stereocenters. The van der Waals surface area contributed by atoms with E-state index in [-0.39, 0.29) is 18.8 Å². The first-order chi connectivity index (χ1) is 15.4. The quantitative estimate of drug-likeness (QED) is 0.324. The minimum absolute atomic E-state index is 0. The predicted octanol–water partition coefficient (Wildman–Crippen LogP) is 6.04. The Morgan fingerprint density at radius 2 is 1.45 bits per heavy atom. The summed E-state index contributed by atoms with van der Waals surface area (Å²) in [5.74, 6) is -0.416. The Bertz CT molecular complexity index is 1340. The number of carbonyl (C=O) groups is 1. The van der Waals surface area contributed by atoms with Crippen LogP contribution in [0.2, 0.25) is 0 Å². The molecular weight excluding hydrogens is 458 g/mol. The summed E-state index contributed by atoms with van der Waals surface area (Å²) in [4.78, 5) is 17.3. The highest BCUT2D eigenvalue weighted by molar-refractivity contribution is 7.92.